The number of carbonyl (C=O) groups excluding carboxylic acids is 1. The zero-order valence-corrected chi connectivity index (χ0v) is 23.9. The molecule has 3 unspecified atom stereocenters. The Morgan fingerprint density at radius 2 is 1.61 bits per heavy atom. The average molecular weight is 561 g/mol. The first-order valence-electron chi connectivity index (χ1n) is 13.0. The molecule has 0 aliphatic heterocycles. The first-order chi connectivity index (χ1) is 16.5. The van der Waals surface area contributed by atoms with Gasteiger partial charge in [0.05, 0.1) is 33.3 Å². The molecule has 5 atom stereocenters. The van der Waals surface area contributed by atoms with Crippen LogP contribution in [0, 0.1) is 17.3 Å². The Balaban J connectivity index is 0.00000361. The highest BCUT2D eigenvalue weighted by molar-refractivity contribution is 5.82. The van der Waals surface area contributed by atoms with E-state index in [1.807, 2.05) is 81.4 Å². The maximum atomic E-state index is 13.6. The van der Waals surface area contributed by atoms with Crippen LogP contribution in [0.4, 0.5) is 0 Å². The molecule has 4 rings (SSSR count). The second-order valence-electron chi connectivity index (χ2n) is 12.0. The molecule has 36 heavy (non-hydrogen) atoms. The first-order valence-corrected chi connectivity index (χ1v) is 13.0. The van der Waals surface area contributed by atoms with Crippen LogP contribution >= 0.6 is 0 Å². The number of carbonyl (C=O) groups is 1. The summed E-state index contributed by atoms with van der Waals surface area (Å²) in [7, 11) is 4.61. The monoisotopic (exact) mass is 559 g/mol. The van der Waals surface area contributed by atoms with Crippen LogP contribution in [0.5, 0.6) is 5.75 Å². The van der Waals surface area contributed by atoms with Crippen molar-refractivity contribution in [1.82, 2.24) is 0 Å². The summed E-state index contributed by atoms with van der Waals surface area (Å²) >= 11 is 0. The predicted octanol–water partition coefficient (Wildman–Crippen LogP) is 2.18. The largest absolute Gasteiger partial charge is 1.00 e. The van der Waals surface area contributed by atoms with Gasteiger partial charge in [-0.25, -0.2) is 4.79 Å². The molecular formula is C30H42BrNO4. The van der Waals surface area contributed by atoms with Gasteiger partial charge in [-0.3, -0.25) is 0 Å². The minimum atomic E-state index is -1.69. The molecule has 0 aromatic heterocycles. The maximum absolute atomic E-state index is 13.6. The minimum Gasteiger partial charge on any atom is -1.00 e. The van der Waals surface area contributed by atoms with E-state index < -0.39 is 17.0 Å². The van der Waals surface area contributed by atoms with Gasteiger partial charge in [0, 0.05) is 23.7 Å². The molecule has 2 aliphatic carbocycles. The van der Waals surface area contributed by atoms with E-state index in [4.69, 9.17) is 9.47 Å². The van der Waals surface area contributed by atoms with E-state index in [0.717, 1.165) is 36.0 Å². The van der Waals surface area contributed by atoms with E-state index in [1.165, 1.54) is 6.42 Å². The van der Waals surface area contributed by atoms with Crippen LogP contribution in [-0.4, -0.2) is 55.0 Å². The van der Waals surface area contributed by atoms with Crippen LogP contribution in [0.15, 0.2) is 60.7 Å². The third kappa shape index (κ3) is 5.66. The van der Waals surface area contributed by atoms with Crippen LogP contribution in [0.25, 0.3) is 0 Å². The molecule has 2 saturated carbocycles. The van der Waals surface area contributed by atoms with Gasteiger partial charge in [0.15, 0.2) is 5.60 Å². The molecule has 1 N–H and O–H groups in total. The Labute approximate surface area is 227 Å². The van der Waals surface area contributed by atoms with E-state index in [2.05, 4.69) is 14.1 Å². The zero-order valence-electron chi connectivity index (χ0n) is 22.3. The lowest BCUT2D eigenvalue weighted by Gasteiger charge is -2.40. The average Bonchev–Trinajstić information content (AvgIpc) is 3.41. The fraction of sp³-hybridized carbons (Fsp3) is 0.567. The summed E-state index contributed by atoms with van der Waals surface area (Å²) in [5.74, 6) is 1.26. The Morgan fingerprint density at radius 3 is 2.22 bits per heavy atom. The number of rotatable bonds is 9. The SMILES string of the molecule is CC(C)(C)C(O)(C(=O)O[C@@H]1CC2CC[C@H]1C2[N+](C)(C)CCCOc1ccccc1)c1ccccc1.[Br-]. The molecule has 198 valence electrons. The van der Waals surface area contributed by atoms with Gasteiger partial charge in [-0.05, 0) is 37.0 Å². The number of esters is 1. The molecule has 6 heteroatoms. The van der Waals surface area contributed by atoms with Crippen LogP contribution in [0.2, 0.25) is 0 Å². The first kappa shape index (κ1) is 28.7. The quantitative estimate of drug-likeness (QED) is 0.290. The van der Waals surface area contributed by atoms with Crippen LogP contribution < -0.4 is 21.7 Å². The Kier molecular flexibility index (Phi) is 8.95. The second-order valence-corrected chi connectivity index (χ2v) is 12.0. The summed E-state index contributed by atoms with van der Waals surface area (Å²) in [6.07, 6.45) is 3.99. The number of quaternary nitrogens is 1. The van der Waals surface area contributed by atoms with Crippen molar-refractivity contribution in [1.29, 1.82) is 0 Å². The molecule has 0 heterocycles. The molecule has 0 spiro atoms. The number of ether oxygens (including phenoxy) is 2. The van der Waals surface area contributed by atoms with Gasteiger partial charge in [-0.15, -0.1) is 0 Å². The smallest absolute Gasteiger partial charge is 0.343 e. The van der Waals surface area contributed by atoms with E-state index in [1.54, 1.807) is 0 Å². The Hall–Kier alpha value is -1.89. The summed E-state index contributed by atoms with van der Waals surface area (Å²) in [5, 5.41) is 11.7. The fourth-order valence-electron chi connectivity index (χ4n) is 6.55. The van der Waals surface area contributed by atoms with Crippen LogP contribution in [0.3, 0.4) is 0 Å². The van der Waals surface area contributed by atoms with Gasteiger partial charge in [-0.2, -0.15) is 0 Å². The molecule has 0 amide bonds. The lowest BCUT2D eigenvalue weighted by molar-refractivity contribution is -0.919. The molecule has 2 bridgehead atoms. The summed E-state index contributed by atoms with van der Waals surface area (Å²) in [4.78, 5) is 13.6. The number of halogens is 1. The zero-order chi connectivity index (χ0) is 25.3. The molecule has 0 radical (unpaired) electrons. The molecule has 2 fully saturated rings. The summed E-state index contributed by atoms with van der Waals surface area (Å²) in [5.41, 5.74) is -1.80. The lowest BCUT2D eigenvalue weighted by atomic mass is 9.72. The lowest BCUT2D eigenvalue weighted by Crippen LogP contribution is -3.00. The third-order valence-corrected chi connectivity index (χ3v) is 8.33. The van der Waals surface area contributed by atoms with Gasteiger partial charge < -0.3 is 36.0 Å². The van der Waals surface area contributed by atoms with Crippen LogP contribution in [-0.2, 0) is 15.1 Å². The van der Waals surface area contributed by atoms with Crippen molar-refractivity contribution in [2.75, 3.05) is 27.2 Å². The van der Waals surface area contributed by atoms with Crippen molar-refractivity contribution in [3.8, 4) is 5.75 Å². The number of hydrogen-bond acceptors (Lipinski definition) is 4. The molecule has 2 aliphatic rings. The van der Waals surface area contributed by atoms with Crippen molar-refractivity contribution >= 4 is 5.97 Å². The molecule has 5 nitrogen and oxygen atoms in total. The summed E-state index contributed by atoms with van der Waals surface area (Å²) < 4.78 is 13.0. The standard InChI is InChI=1S/C30H42NO4.BrH/c1-29(2,3)30(33,23-13-8-6-9-14-23)28(32)35-26-21-22-17-18-25(26)27(22)31(4,5)19-12-20-34-24-15-10-7-11-16-24;/h6-11,13-16,22,25-27,33H,12,17-21H2,1-5H3;1H/q+1;/p-1/t22?,25-,26-,27?,30?;/m1./s1. The van der Waals surface area contributed by atoms with Gasteiger partial charge in [0.2, 0.25) is 0 Å². The highest BCUT2D eigenvalue weighted by Crippen LogP contribution is 2.51. The fourth-order valence-corrected chi connectivity index (χ4v) is 6.55. The number of nitrogens with zero attached hydrogens (tertiary/aromatic N) is 1. The van der Waals surface area contributed by atoms with Crippen molar-refractivity contribution in [3.05, 3.63) is 66.2 Å². The van der Waals surface area contributed by atoms with E-state index >= 15 is 0 Å². The molecule has 2 aromatic rings. The van der Waals surface area contributed by atoms with Crippen LogP contribution in [0.1, 0.15) is 52.0 Å². The minimum absolute atomic E-state index is 0. The van der Waals surface area contributed by atoms with E-state index in [0.29, 0.717) is 30.0 Å². The van der Waals surface area contributed by atoms with Crippen molar-refractivity contribution in [3.63, 3.8) is 0 Å². The number of benzene rings is 2. The predicted molar refractivity (Wildman–Crippen MR) is 138 cm³/mol. The topological polar surface area (TPSA) is 55.8 Å². The van der Waals surface area contributed by atoms with E-state index in [9.17, 15) is 9.90 Å². The van der Waals surface area contributed by atoms with Crippen molar-refractivity contribution in [2.45, 2.75) is 64.2 Å². The maximum Gasteiger partial charge on any atom is 0.343 e. The third-order valence-electron chi connectivity index (χ3n) is 8.33. The molecule has 0 saturated heterocycles. The van der Waals surface area contributed by atoms with Gasteiger partial charge >= 0.3 is 5.97 Å². The van der Waals surface area contributed by atoms with Crippen molar-refractivity contribution in [2.24, 2.45) is 17.3 Å². The number of para-hydroxylation sites is 1. The van der Waals surface area contributed by atoms with E-state index in [-0.39, 0.29) is 23.1 Å². The second kappa shape index (κ2) is 11.2. The molecule has 2 aromatic carbocycles. The number of aliphatic hydroxyl groups is 1. The highest BCUT2D eigenvalue weighted by Gasteiger charge is 2.58. The van der Waals surface area contributed by atoms with Gasteiger partial charge in [0.25, 0.3) is 0 Å². The number of hydrogen-bond donors (Lipinski definition) is 1. The molecular weight excluding hydrogens is 518 g/mol. The highest BCUT2D eigenvalue weighted by atomic mass is 79.9. The normalized spacial score (nSPS) is 25.1. The summed E-state index contributed by atoms with van der Waals surface area (Å²) in [6.45, 7) is 7.39. The number of fused-ring (bicyclic) bond motifs is 2. The Morgan fingerprint density at radius 1 is 1.00 bits per heavy atom. The summed E-state index contributed by atoms with van der Waals surface area (Å²) in [6, 6.07) is 19.6. The van der Waals surface area contributed by atoms with Gasteiger partial charge in [0.1, 0.15) is 11.9 Å². The Bertz CT molecular complexity index is 991. The van der Waals surface area contributed by atoms with Crippen molar-refractivity contribution < 1.29 is 40.8 Å². The van der Waals surface area contributed by atoms with Gasteiger partial charge in [-0.1, -0.05) is 69.3 Å².